The van der Waals surface area contributed by atoms with E-state index in [0.29, 0.717) is 18.5 Å². The second kappa shape index (κ2) is 7.80. The Morgan fingerprint density at radius 1 is 0.964 bits per heavy atom. The minimum Gasteiger partial charge on any atom is -0.344 e. The van der Waals surface area contributed by atoms with E-state index in [2.05, 4.69) is 0 Å². The summed E-state index contributed by atoms with van der Waals surface area (Å²) in [7, 11) is 0. The number of nitrogens with zero attached hydrogens (tertiary/aromatic N) is 3. The molecule has 0 bridgehead atoms. The number of Topliss-reactive ketones (excluding diaryl/α,β-unsaturated/α-hetero) is 1. The van der Waals surface area contributed by atoms with Crippen molar-refractivity contribution in [3.63, 3.8) is 0 Å². The molecule has 4 amide bonds. The van der Waals surface area contributed by atoms with Gasteiger partial charge in [0.1, 0.15) is 0 Å². The van der Waals surface area contributed by atoms with Gasteiger partial charge in [0, 0.05) is 30.0 Å². The molecule has 7 heteroatoms. The summed E-state index contributed by atoms with van der Waals surface area (Å²) in [6.45, 7) is 5.91. The van der Waals surface area contributed by atoms with Crippen LogP contribution >= 0.6 is 0 Å². The van der Waals surface area contributed by atoms with Crippen LogP contribution < -0.4 is 0 Å². The predicted octanol–water partition coefficient (Wildman–Crippen LogP) is 2.54. The molecule has 2 aromatic rings. The molecule has 0 unspecified atom stereocenters. The number of aryl methyl sites for hydroxylation is 1. The van der Waals surface area contributed by atoms with Crippen LogP contribution in [0.5, 0.6) is 0 Å². The van der Waals surface area contributed by atoms with Gasteiger partial charge in [0.2, 0.25) is 0 Å². The van der Waals surface area contributed by atoms with Crippen molar-refractivity contribution in [1.29, 1.82) is 0 Å². The lowest BCUT2D eigenvalue weighted by molar-refractivity contribution is -0.143. The van der Waals surface area contributed by atoms with Gasteiger partial charge in [-0.1, -0.05) is 37.3 Å². The lowest BCUT2D eigenvalue weighted by Gasteiger charge is -2.14. The first kappa shape index (κ1) is 19.5. The molecule has 2 heterocycles. The molecule has 146 valence electrons. The summed E-state index contributed by atoms with van der Waals surface area (Å²) in [6.07, 6.45) is 0.549. The summed E-state index contributed by atoms with van der Waals surface area (Å²) < 4.78 is 2.02. The Morgan fingerprint density at radius 3 is 2.25 bits per heavy atom. The van der Waals surface area contributed by atoms with E-state index in [9.17, 15) is 19.2 Å². The molecule has 1 aliphatic rings. The summed E-state index contributed by atoms with van der Waals surface area (Å²) >= 11 is 0. The summed E-state index contributed by atoms with van der Waals surface area (Å²) in [4.78, 5) is 50.9. The fourth-order valence-electron chi connectivity index (χ4n) is 3.43. The van der Waals surface area contributed by atoms with E-state index in [1.807, 2.05) is 48.7 Å². The molecule has 28 heavy (non-hydrogen) atoms. The maximum Gasteiger partial charge on any atom is 0.334 e. The molecule has 0 aliphatic carbocycles. The van der Waals surface area contributed by atoms with Crippen LogP contribution in [0.15, 0.2) is 36.4 Å². The van der Waals surface area contributed by atoms with Gasteiger partial charge >= 0.3 is 17.8 Å². The zero-order valence-electron chi connectivity index (χ0n) is 16.3. The Hall–Kier alpha value is -3.22. The van der Waals surface area contributed by atoms with Crippen molar-refractivity contribution in [2.24, 2.45) is 0 Å². The Bertz CT molecular complexity index is 946. The summed E-state index contributed by atoms with van der Waals surface area (Å²) in [5, 5.41) is 0. The molecule has 0 saturated carbocycles. The smallest absolute Gasteiger partial charge is 0.334 e. The van der Waals surface area contributed by atoms with Crippen LogP contribution in [-0.4, -0.2) is 51.1 Å². The zero-order chi connectivity index (χ0) is 20.4. The van der Waals surface area contributed by atoms with Crippen LogP contribution in [0.1, 0.15) is 40.7 Å². The SMILES string of the molecule is CCCN1C(=O)C(=O)N(CC(=O)c2cc(C)n(Cc3ccccc3)c2C)C1=O. The minimum absolute atomic E-state index is 0.166. The van der Waals surface area contributed by atoms with Gasteiger partial charge in [-0.3, -0.25) is 19.3 Å². The third-order valence-corrected chi connectivity index (χ3v) is 4.94. The minimum atomic E-state index is -0.940. The summed E-state index contributed by atoms with van der Waals surface area (Å²) in [6, 6.07) is 10.9. The van der Waals surface area contributed by atoms with Gasteiger partial charge in [-0.05, 0) is 31.9 Å². The first-order valence-corrected chi connectivity index (χ1v) is 9.26. The molecular formula is C21H23N3O4. The highest BCUT2D eigenvalue weighted by atomic mass is 16.2. The second-order valence-corrected chi connectivity index (χ2v) is 6.91. The van der Waals surface area contributed by atoms with Gasteiger partial charge in [0.25, 0.3) is 0 Å². The quantitative estimate of drug-likeness (QED) is 0.419. The molecule has 0 N–H and O–H groups in total. The van der Waals surface area contributed by atoms with Gasteiger partial charge in [0.05, 0.1) is 6.54 Å². The van der Waals surface area contributed by atoms with Gasteiger partial charge in [-0.15, -0.1) is 0 Å². The van der Waals surface area contributed by atoms with Gasteiger partial charge in [0.15, 0.2) is 5.78 Å². The van der Waals surface area contributed by atoms with Crippen LogP contribution in [0.2, 0.25) is 0 Å². The number of carbonyl (C=O) groups excluding carboxylic acids is 4. The number of hydrogen-bond acceptors (Lipinski definition) is 4. The number of aromatic nitrogens is 1. The predicted molar refractivity (Wildman–Crippen MR) is 103 cm³/mol. The third kappa shape index (κ3) is 3.47. The Morgan fingerprint density at radius 2 is 1.61 bits per heavy atom. The Labute approximate surface area is 163 Å². The molecular weight excluding hydrogens is 358 g/mol. The lowest BCUT2D eigenvalue weighted by Crippen LogP contribution is -2.37. The molecule has 1 saturated heterocycles. The first-order valence-electron chi connectivity index (χ1n) is 9.26. The number of rotatable bonds is 7. The number of benzene rings is 1. The number of imide groups is 2. The molecule has 0 radical (unpaired) electrons. The van der Waals surface area contributed by atoms with E-state index >= 15 is 0 Å². The summed E-state index contributed by atoms with van der Waals surface area (Å²) in [5.74, 6) is -2.17. The zero-order valence-corrected chi connectivity index (χ0v) is 16.3. The maximum absolute atomic E-state index is 12.8. The van der Waals surface area contributed by atoms with Crippen LogP contribution in [0, 0.1) is 13.8 Å². The summed E-state index contributed by atoms with van der Waals surface area (Å²) in [5.41, 5.74) is 3.24. The van der Waals surface area contributed by atoms with Gasteiger partial charge in [-0.25, -0.2) is 9.69 Å². The third-order valence-electron chi connectivity index (χ3n) is 4.94. The molecule has 7 nitrogen and oxygen atoms in total. The van der Waals surface area contributed by atoms with Gasteiger partial charge < -0.3 is 4.57 Å². The number of amides is 4. The van der Waals surface area contributed by atoms with Crippen LogP contribution in [-0.2, 0) is 16.1 Å². The topological polar surface area (TPSA) is 79.7 Å². The average Bonchev–Trinajstić information content (AvgIpc) is 3.07. The van der Waals surface area contributed by atoms with Crippen molar-refractivity contribution in [1.82, 2.24) is 14.4 Å². The molecule has 1 aromatic heterocycles. The number of hydrogen-bond donors (Lipinski definition) is 0. The maximum atomic E-state index is 12.8. The molecule has 3 rings (SSSR count). The molecule has 1 aromatic carbocycles. The van der Waals surface area contributed by atoms with E-state index in [1.54, 1.807) is 13.0 Å². The standard InChI is InChI=1S/C21H23N3O4/c1-4-10-22-19(26)20(27)24(21(22)28)13-18(25)17-11-14(2)23(15(17)3)12-16-8-6-5-7-9-16/h5-9,11H,4,10,12-13H2,1-3H3. The Kier molecular flexibility index (Phi) is 5.44. The van der Waals surface area contributed by atoms with Crippen molar-refractivity contribution >= 4 is 23.6 Å². The van der Waals surface area contributed by atoms with E-state index in [4.69, 9.17) is 0 Å². The van der Waals surface area contributed by atoms with E-state index in [1.165, 1.54) is 0 Å². The Balaban J connectivity index is 1.80. The number of carbonyl (C=O) groups is 4. The number of urea groups is 1. The van der Waals surface area contributed by atoms with Crippen molar-refractivity contribution < 1.29 is 19.2 Å². The second-order valence-electron chi connectivity index (χ2n) is 6.91. The van der Waals surface area contributed by atoms with Crippen LogP contribution in [0.3, 0.4) is 0 Å². The van der Waals surface area contributed by atoms with E-state index in [0.717, 1.165) is 26.8 Å². The average molecular weight is 381 g/mol. The lowest BCUT2D eigenvalue weighted by atomic mass is 10.1. The van der Waals surface area contributed by atoms with Crippen molar-refractivity contribution in [3.05, 3.63) is 58.9 Å². The molecule has 1 aliphatic heterocycles. The fourth-order valence-corrected chi connectivity index (χ4v) is 3.43. The van der Waals surface area contributed by atoms with E-state index < -0.39 is 24.4 Å². The molecule has 1 fully saturated rings. The highest BCUT2D eigenvalue weighted by Gasteiger charge is 2.44. The van der Waals surface area contributed by atoms with Crippen LogP contribution in [0.4, 0.5) is 4.79 Å². The van der Waals surface area contributed by atoms with E-state index in [-0.39, 0.29) is 12.3 Å². The largest absolute Gasteiger partial charge is 0.344 e. The first-order chi connectivity index (χ1) is 13.3. The highest BCUT2D eigenvalue weighted by Crippen LogP contribution is 2.20. The van der Waals surface area contributed by atoms with Crippen LogP contribution in [0.25, 0.3) is 0 Å². The van der Waals surface area contributed by atoms with Crippen molar-refractivity contribution in [3.8, 4) is 0 Å². The molecule has 0 atom stereocenters. The molecule has 0 spiro atoms. The highest BCUT2D eigenvalue weighted by molar-refractivity contribution is 6.45. The van der Waals surface area contributed by atoms with Gasteiger partial charge in [-0.2, -0.15) is 0 Å². The fraction of sp³-hybridized carbons (Fsp3) is 0.333. The monoisotopic (exact) mass is 381 g/mol. The number of ketones is 1. The normalized spacial score (nSPS) is 14.3. The van der Waals surface area contributed by atoms with Crippen molar-refractivity contribution in [2.75, 3.05) is 13.1 Å². The van der Waals surface area contributed by atoms with Crippen molar-refractivity contribution in [2.45, 2.75) is 33.7 Å².